The normalized spacial score (nSPS) is 11.5. The van der Waals surface area contributed by atoms with Gasteiger partial charge in [-0.05, 0) is 31.2 Å². The predicted molar refractivity (Wildman–Crippen MR) is 97.6 cm³/mol. The Bertz CT molecular complexity index is 1210. The number of rotatable bonds is 6. The minimum absolute atomic E-state index is 0.223. The monoisotopic (exact) mass is 405 g/mol. The third kappa shape index (κ3) is 4.24. The van der Waals surface area contributed by atoms with Gasteiger partial charge in [0.15, 0.2) is 0 Å². The highest BCUT2D eigenvalue weighted by Gasteiger charge is 2.19. The molecule has 0 amide bonds. The molecule has 28 heavy (non-hydrogen) atoms. The summed E-state index contributed by atoms with van der Waals surface area (Å²) < 4.78 is 46.0. The minimum Gasteiger partial charge on any atom is -0.458 e. The SMILES string of the molecule is Cc1cccc2nc(COC(=O)CNS(=O)(=O)c3ccccc3F)cc(=O)n12. The Kier molecular flexibility index (Phi) is 5.52. The highest BCUT2D eigenvalue weighted by Crippen LogP contribution is 2.12. The molecular weight excluding hydrogens is 389 g/mol. The number of pyridine rings is 1. The molecule has 0 unspecified atom stereocenters. The van der Waals surface area contributed by atoms with Crippen LogP contribution in [0.5, 0.6) is 0 Å². The topological polar surface area (TPSA) is 107 Å². The lowest BCUT2D eigenvalue weighted by Crippen LogP contribution is -2.31. The number of benzene rings is 1. The maximum Gasteiger partial charge on any atom is 0.321 e. The van der Waals surface area contributed by atoms with Crippen LogP contribution in [-0.2, 0) is 26.2 Å². The number of aryl methyl sites for hydroxylation is 1. The van der Waals surface area contributed by atoms with Gasteiger partial charge < -0.3 is 4.74 Å². The standard InChI is InChI=1S/C18H16FN3O5S/c1-12-5-4-8-16-21-13(9-17(23)22(12)16)11-27-18(24)10-20-28(25,26)15-7-3-2-6-14(15)19/h2-9,20H,10-11H2,1H3. The van der Waals surface area contributed by atoms with Gasteiger partial charge in [-0.3, -0.25) is 14.0 Å². The van der Waals surface area contributed by atoms with Crippen molar-refractivity contribution in [2.75, 3.05) is 6.54 Å². The number of carbonyl (C=O) groups is 1. The molecule has 10 heteroatoms. The van der Waals surface area contributed by atoms with Crippen LogP contribution in [0.4, 0.5) is 4.39 Å². The lowest BCUT2D eigenvalue weighted by molar-refractivity contribution is -0.143. The van der Waals surface area contributed by atoms with E-state index in [4.69, 9.17) is 4.74 Å². The zero-order chi connectivity index (χ0) is 20.3. The van der Waals surface area contributed by atoms with E-state index in [1.54, 1.807) is 25.1 Å². The minimum atomic E-state index is -4.20. The number of nitrogens with one attached hydrogen (secondary N) is 1. The summed E-state index contributed by atoms with van der Waals surface area (Å²) in [5, 5.41) is 0. The number of carbonyl (C=O) groups excluding carboxylic acids is 1. The maximum atomic E-state index is 13.6. The van der Waals surface area contributed by atoms with Gasteiger partial charge in [0.05, 0.1) is 5.69 Å². The maximum absolute atomic E-state index is 13.6. The van der Waals surface area contributed by atoms with Gasteiger partial charge in [-0.1, -0.05) is 18.2 Å². The molecule has 0 spiro atoms. The van der Waals surface area contributed by atoms with Crippen LogP contribution in [0.1, 0.15) is 11.4 Å². The first-order valence-electron chi connectivity index (χ1n) is 8.16. The molecule has 0 saturated carbocycles. The van der Waals surface area contributed by atoms with Gasteiger partial charge in [0.1, 0.15) is 29.5 Å². The van der Waals surface area contributed by atoms with Crippen LogP contribution in [0.3, 0.4) is 0 Å². The van der Waals surface area contributed by atoms with Crippen molar-refractivity contribution in [1.82, 2.24) is 14.1 Å². The molecule has 2 aromatic heterocycles. The number of ether oxygens (including phenoxy) is 1. The molecule has 1 aromatic carbocycles. The molecule has 8 nitrogen and oxygen atoms in total. The second-order valence-electron chi connectivity index (χ2n) is 5.86. The number of hydrogen-bond donors (Lipinski definition) is 1. The first-order valence-corrected chi connectivity index (χ1v) is 9.64. The zero-order valence-electron chi connectivity index (χ0n) is 14.8. The molecule has 1 N–H and O–H groups in total. The van der Waals surface area contributed by atoms with Crippen molar-refractivity contribution in [2.24, 2.45) is 0 Å². The van der Waals surface area contributed by atoms with Crippen LogP contribution < -0.4 is 10.3 Å². The van der Waals surface area contributed by atoms with E-state index in [1.165, 1.54) is 22.6 Å². The largest absolute Gasteiger partial charge is 0.458 e. The van der Waals surface area contributed by atoms with Gasteiger partial charge >= 0.3 is 5.97 Å². The molecule has 0 aliphatic rings. The molecule has 3 aromatic rings. The van der Waals surface area contributed by atoms with E-state index >= 15 is 0 Å². The molecule has 2 heterocycles. The molecule has 0 saturated heterocycles. The summed E-state index contributed by atoms with van der Waals surface area (Å²) in [5.74, 6) is -1.83. The molecule has 3 rings (SSSR count). The summed E-state index contributed by atoms with van der Waals surface area (Å²) in [6.07, 6.45) is 0. The van der Waals surface area contributed by atoms with Crippen LogP contribution in [0.2, 0.25) is 0 Å². The van der Waals surface area contributed by atoms with E-state index in [1.807, 2.05) is 4.72 Å². The van der Waals surface area contributed by atoms with E-state index in [2.05, 4.69) is 4.98 Å². The summed E-state index contributed by atoms with van der Waals surface area (Å²) in [6.45, 7) is 0.764. The van der Waals surface area contributed by atoms with Crippen LogP contribution in [0.15, 0.2) is 58.2 Å². The summed E-state index contributed by atoms with van der Waals surface area (Å²) in [7, 11) is -4.20. The van der Waals surface area contributed by atoms with E-state index in [0.29, 0.717) is 11.3 Å². The fourth-order valence-electron chi connectivity index (χ4n) is 2.54. The second kappa shape index (κ2) is 7.87. The van der Waals surface area contributed by atoms with Crippen LogP contribution in [0, 0.1) is 12.7 Å². The van der Waals surface area contributed by atoms with Crippen molar-refractivity contribution in [1.29, 1.82) is 0 Å². The van der Waals surface area contributed by atoms with Crippen molar-refractivity contribution < 1.29 is 22.3 Å². The molecule has 0 aliphatic carbocycles. The fraction of sp³-hybridized carbons (Fsp3) is 0.167. The number of halogens is 1. The summed E-state index contributed by atoms with van der Waals surface area (Å²) >= 11 is 0. The van der Waals surface area contributed by atoms with Crippen molar-refractivity contribution in [2.45, 2.75) is 18.4 Å². The average molecular weight is 405 g/mol. The number of aromatic nitrogens is 2. The van der Waals surface area contributed by atoms with Gasteiger partial charge in [-0.2, -0.15) is 4.72 Å². The van der Waals surface area contributed by atoms with Crippen molar-refractivity contribution in [3.63, 3.8) is 0 Å². The molecule has 0 atom stereocenters. The number of nitrogens with zero attached hydrogens (tertiary/aromatic N) is 2. The zero-order valence-corrected chi connectivity index (χ0v) is 15.6. The van der Waals surface area contributed by atoms with Gasteiger partial charge in [-0.15, -0.1) is 0 Å². The van der Waals surface area contributed by atoms with E-state index < -0.39 is 33.3 Å². The first-order chi connectivity index (χ1) is 13.3. The number of fused-ring (bicyclic) bond motifs is 1. The number of hydrogen-bond acceptors (Lipinski definition) is 6. The highest BCUT2D eigenvalue weighted by atomic mass is 32.2. The van der Waals surface area contributed by atoms with Crippen LogP contribution in [-0.4, -0.2) is 30.3 Å². The van der Waals surface area contributed by atoms with Gasteiger partial charge in [-0.25, -0.2) is 17.8 Å². The molecule has 0 aliphatic heterocycles. The quantitative estimate of drug-likeness (QED) is 0.617. The summed E-state index contributed by atoms with van der Waals surface area (Å²) in [5.41, 5.74) is 1.01. The number of esters is 1. The molecule has 0 radical (unpaired) electrons. The fourth-order valence-corrected chi connectivity index (χ4v) is 3.58. The van der Waals surface area contributed by atoms with Crippen LogP contribution >= 0.6 is 0 Å². The molecule has 146 valence electrons. The Hall–Kier alpha value is -3.11. The second-order valence-corrected chi connectivity index (χ2v) is 7.60. The predicted octanol–water partition coefficient (Wildman–Crippen LogP) is 1.16. The smallest absolute Gasteiger partial charge is 0.321 e. The Morgan fingerprint density at radius 1 is 1.21 bits per heavy atom. The Balaban J connectivity index is 1.64. The number of sulfonamides is 1. The van der Waals surface area contributed by atoms with E-state index in [-0.39, 0.29) is 17.9 Å². The van der Waals surface area contributed by atoms with Crippen LogP contribution in [0.25, 0.3) is 5.65 Å². The Labute approximate surface area is 159 Å². The third-order valence-corrected chi connectivity index (χ3v) is 5.28. The summed E-state index contributed by atoms with van der Waals surface area (Å²) in [4.78, 5) is 27.7. The van der Waals surface area contributed by atoms with E-state index in [0.717, 1.165) is 12.1 Å². The highest BCUT2D eigenvalue weighted by molar-refractivity contribution is 7.89. The van der Waals surface area contributed by atoms with E-state index in [9.17, 15) is 22.4 Å². The lowest BCUT2D eigenvalue weighted by Gasteiger charge is -2.09. The molecular formula is C18H16FN3O5S. The lowest BCUT2D eigenvalue weighted by atomic mass is 10.3. The van der Waals surface area contributed by atoms with Gasteiger partial charge in [0.25, 0.3) is 5.56 Å². The van der Waals surface area contributed by atoms with Gasteiger partial charge in [0.2, 0.25) is 10.0 Å². The molecule has 0 bridgehead atoms. The third-order valence-electron chi connectivity index (χ3n) is 3.85. The summed E-state index contributed by atoms with van der Waals surface area (Å²) in [6, 6.07) is 11.2. The van der Waals surface area contributed by atoms with Crippen molar-refractivity contribution >= 4 is 21.6 Å². The van der Waals surface area contributed by atoms with Gasteiger partial charge in [0, 0.05) is 11.8 Å². The molecule has 0 fully saturated rings. The Morgan fingerprint density at radius 3 is 2.71 bits per heavy atom. The van der Waals surface area contributed by atoms with Crippen molar-refractivity contribution in [3.8, 4) is 0 Å². The first kappa shape index (κ1) is 19.6. The Morgan fingerprint density at radius 2 is 1.96 bits per heavy atom. The average Bonchev–Trinajstić information content (AvgIpc) is 2.65. The van der Waals surface area contributed by atoms with Crippen molar-refractivity contribution in [3.05, 3.63) is 76.1 Å².